The lowest BCUT2D eigenvalue weighted by molar-refractivity contribution is -0.141. The summed E-state index contributed by atoms with van der Waals surface area (Å²) in [6.45, 7) is 0.00154. The van der Waals surface area contributed by atoms with Crippen molar-refractivity contribution < 1.29 is 22.8 Å². The lowest BCUT2D eigenvalue weighted by Gasteiger charge is -2.26. The summed E-state index contributed by atoms with van der Waals surface area (Å²) in [4.78, 5) is 24.8. The number of rotatable bonds is 6. The zero-order valence-corrected chi connectivity index (χ0v) is 14.7. The lowest BCUT2D eigenvalue weighted by Crippen LogP contribution is -2.51. The molecule has 1 aromatic carbocycles. The smallest absolute Gasteiger partial charge is 0.357 e. The van der Waals surface area contributed by atoms with Crippen molar-refractivity contribution in [3.8, 4) is 0 Å². The molecule has 2 amide bonds. The Labute approximate surface area is 153 Å². The van der Waals surface area contributed by atoms with Gasteiger partial charge >= 0.3 is 6.18 Å². The summed E-state index contributed by atoms with van der Waals surface area (Å²) >= 11 is 0. The molecule has 0 aliphatic rings. The number of nitrogens with zero attached hydrogens (tertiary/aromatic N) is 2. The van der Waals surface area contributed by atoms with E-state index in [1.807, 2.05) is 0 Å². The van der Waals surface area contributed by atoms with Gasteiger partial charge in [0.25, 0.3) is 5.91 Å². The molecule has 0 aliphatic heterocycles. The van der Waals surface area contributed by atoms with Gasteiger partial charge in [0.1, 0.15) is 6.04 Å². The van der Waals surface area contributed by atoms with Gasteiger partial charge in [-0.25, -0.2) is 0 Å². The molecule has 0 spiro atoms. The maximum Gasteiger partial charge on any atom is 0.435 e. The van der Waals surface area contributed by atoms with Crippen molar-refractivity contribution in [2.75, 3.05) is 13.6 Å². The van der Waals surface area contributed by atoms with Gasteiger partial charge in [-0.15, -0.1) is 0 Å². The molecule has 0 saturated carbocycles. The fourth-order valence-electron chi connectivity index (χ4n) is 2.75. The molecule has 1 aromatic heterocycles. The Morgan fingerprint density at radius 3 is 2.41 bits per heavy atom. The number of likely N-dealkylation sites (N-methyl/N-ethyl adjacent to an activating group) is 1. The molecule has 0 saturated heterocycles. The fourth-order valence-corrected chi connectivity index (χ4v) is 2.75. The number of hydrogen-bond acceptors (Lipinski definition) is 4. The molecule has 4 N–H and O–H groups in total. The van der Waals surface area contributed by atoms with E-state index in [4.69, 9.17) is 5.73 Å². The predicted molar refractivity (Wildman–Crippen MR) is 91.8 cm³/mol. The van der Waals surface area contributed by atoms with Crippen LogP contribution in [-0.2, 0) is 18.0 Å². The molecule has 0 radical (unpaired) electrons. The topological polar surface area (TPSA) is 102 Å². The minimum Gasteiger partial charge on any atom is -0.357 e. The largest absolute Gasteiger partial charge is 0.435 e. The number of nitrogens with one attached hydrogen (secondary N) is 2. The van der Waals surface area contributed by atoms with Crippen molar-refractivity contribution in [3.63, 3.8) is 0 Å². The highest BCUT2D eigenvalue weighted by molar-refractivity contribution is 5.98. The first-order valence-electron chi connectivity index (χ1n) is 8.07. The van der Waals surface area contributed by atoms with Crippen LogP contribution in [-0.4, -0.2) is 41.2 Å². The quantitative estimate of drug-likeness (QED) is 0.693. The molecule has 2 unspecified atom stereocenters. The van der Waals surface area contributed by atoms with E-state index >= 15 is 0 Å². The van der Waals surface area contributed by atoms with Crippen LogP contribution in [0.25, 0.3) is 0 Å². The van der Waals surface area contributed by atoms with Gasteiger partial charge in [0.05, 0.1) is 5.56 Å². The summed E-state index contributed by atoms with van der Waals surface area (Å²) in [5.41, 5.74) is 4.48. The summed E-state index contributed by atoms with van der Waals surface area (Å²) in [6.07, 6.45) is -3.85. The number of carbonyl (C=O) groups is 2. The maximum atomic E-state index is 13.1. The predicted octanol–water partition coefficient (Wildman–Crippen LogP) is 1.03. The number of aryl methyl sites for hydroxylation is 1. The van der Waals surface area contributed by atoms with E-state index in [9.17, 15) is 22.8 Å². The number of alkyl halides is 3. The minimum absolute atomic E-state index is 0.00154. The first-order chi connectivity index (χ1) is 12.7. The fraction of sp³-hybridized carbons (Fsp3) is 0.353. The summed E-state index contributed by atoms with van der Waals surface area (Å²) in [5, 5.41) is 8.08. The molecule has 2 rings (SSSR count). The van der Waals surface area contributed by atoms with Gasteiger partial charge in [-0.1, -0.05) is 30.3 Å². The van der Waals surface area contributed by atoms with E-state index in [-0.39, 0.29) is 6.54 Å². The second-order valence-corrected chi connectivity index (χ2v) is 5.88. The molecule has 2 aromatic rings. The molecule has 7 nitrogen and oxygen atoms in total. The zero-order valence-electron chi connectivity index (χ0n) is 14.7. The second kappa shape index (κ2) is 8.21. The molecule has 10 heteroatoms. The summed E-state index contributed by atoms with van der Waals surface area (Å²) in [7, 11) is 2.64. The first kappa shape index (κ1) is 20.4. The van der Waals surface area contributed by atoms with Crippen LogP contribution in [0, 0.1) is 0 Å². The van der Waals surface area contributed by atoms with Crippen molar-refractivity contribution in [1.82, 2.24) is 20.4 Å². The Bertz CT molecular complexity index is 805. The van der Waals surface area contributed by atoms with Gasteiger partial charge < -0.3 is 16.4 Å². The number of aromatic nitrogens is 2. The molecule has 27 heavy (non-hydrogen) atoms. The molecule has 146 valence electrons. The molecule has 1 heterocycles. The third kappa shape index (κ3) is 4.64. The molecular weight excluding hydrogens is 363 g/mol. The van der Waals surface area contributed by atoms with Crippen molar-refractivity contribution in [2.45, 2.75) is 18.1 Å². The number of benzene rings is 1. The van der Waals surface area contributed by atoms with Crippen molar-refractivity contribution >= 4 is 11.8 Å². The van der Waals surface area contributed by atoms with Crippen LogP contribution in [0.1, 0.15) is 27.5 Å². The van der Waals surface area contributed by atoms with Crippen LogP contribution in [0.2, 0.25) is 0 Å². The SMILES string of the molecule is CNC(=O)C(NC(=O)c1cn(C)nc1C(F)(F)F)C(CN)c1ccccc1. The molecule has 0 aliphatic carbocycles. The van der Waals surface area contributed by atoms with Crippen LogP contribution < -0.4 is 16.4 Å². The average molecular weight is 383 g/mol. The number of carbonyl (C=O) groups excluding carboxylic acids is 2. The van der Waals surface area contributed by atoms with E-state index in [0.29, 0.717) is 5.56 Å². The number of hydrogen-bond donors (Lipinski definition) is 3. The van der Waals surface area contributed by atoms with Gasteiger partial charge in [0.15, 0.2) is 5.69 Å². The maximum absolute atomic E-state index is 13.1. The van der Waals surface area contributed by atoms with Gasteiger partial charge in [0, 0.05) is 32.8 Å². The minimum atomic E-state index is -4.80. The van der Waals surface area contributed by atoms with E-state index in [1.165, 1.54) is 14.1 Å². The lowest BCUT2D eigenvalue weighted by atomic mass is 9.90. The highest BCUT2D eigenvalue weighted by atomic mass is 19.4. The van der Waals surface area contributed by atoms with E-state index < -0.39 is 41.2 Å². The normalized spacial score (nSPS) is 13.7. The summed E-state index contributed by atoms with van der Waals surface area (Å²) in [6, 6.07) is 7.55. The standard InChI is InChI=1S/C17H20F3N5O2/c1-22-16(27)13(11(8-21)10-6-4-3-5-7-10)23-15(26)12-9-25(2)24-14(12)17(18,19)20/h3-7,9,11,13H,8,21H2,1-2H3,(H,22,27)(H,23,26). The number of amides is 2. The van der Waals surface area contributed by atoms with Crippen LogP contribution in [0.5, 0.6) is 0 Å². The van der Waals surface area contributed by atoms with E-state index in [2.05, 4.69) is 15.7 Å². The Kier molecular flexibility index (Phi) is 6.21. The monoisotopic (exact) mass is 383 g/mol. The van der Waals surface area contributed by atoms with Gasteiger partial charge in [-0.05, 0) is 5.56 Å². The van der Waals surface area contributed by atoms with Gasteiger partial charge in [0.2, 0.25) is 5.91 Å². The van der Waals surface area contributed by atoms with Crippen molar-refractivity contribution in [3.05, 3.63) is 53.3 Å². The number of nitrogens with two attached hydrogens (primary N) is 1. The Balaban J connectivity index is 2.37. The third-order valence-electron chi connectivity index (χ3n) is 4.04. The van der Waals surface area contributed by atoms with Crippen LogP contribution in [0.3, 0.4) is 0 Å². The van der Waals surface area contributed by atoms with Crippen LogP contribution in [0.4, 0.5) is 13.2 Å². The van der Waals surface area contributed by atoms with Crippen LogP contribution >= 0.6 is 0 Å². The molecule has 2 atom stereocenters. The second-order valence-electron chi connectivity index (χ2n) is 5.88. The Morgan fingerprint density at radius 2 is 1.89 bits per heavy atom. The average Bonchev–Trinajstić information content (AvgIpc) is 3.04. The number of halogens is 3. The van der Waals surface area contributed by atoms with E-state index in [1.54, 1.807) is 30.3 Å². The van der Waals surface area contributed by atoms with Crippen LogP contribution in [0.15, 0.2) is 36.5 Å². The van der Waals surface area contributed by atoms with Crippen molar-refractivity contribution in [1.29, 1.82) is 0 Å². The third-order valence-corrected chi connectivity index (χ3v) is 4.04. The Hall–Kier alpha value is -2.88. The molecular formula is C17H20F3N5O2. The van der Waals surface area contributed by atoms with Gasteiger partial charge in [-0.2, -0.15) is 18.3 Å². The van der Waals surface area contributed by atoms with Crippen molar-refractivity contribution in [2.24, 2.45) is 12.8 Å². The Morgan fingerprint density at radius 1 is 1.26 bits per heavy atom. The molecule has 0 bridgehead atoms. The summed E-state index contributed by atoms with van der Waals surface area (Å²) in [5.74, 6) is -2.25. The first-order valence-corrected chi connectivity index (χ1v) is 8.07. The molecule has 0 fully saturated rings. The zero-order chi connectivity index (χ0) is 20.2. The van der Waals surface area contributed by atoms with E-state index in [0.717, 1.165) is 10.9 Å². The highest BCUT2D eigenvalue weighted by Crippen LogP contribution is 2.30. The van der Waals surface area contributed by atoms with Gasteiger partial charge in [-0.3, -0.25) is 14.3 Å². The highest BCUT2D eigenvalue weighted by Gasteiger charge is 2.40. The summed E-state index contributed by atoms with van der Waals surface area (Å²) < 4.78 is 40.2.